The molecular weight excluding hydrogens is 757 g/mol. The Labute approximate surface area is 373 Å². The van der Waals surface area contributed by atoms with Crippen LogP contribution in [0, 0.1) is 0 Å². The van der Waals surface area contributed by atoms with Gasteiger partial charge in [0.25, 0.3) is 0 Å². The summed E-state index contributed by atoms with van der Waals surface area (Å²) in [5, 5.41) is 0. The van der Waals surface area contributed by atoms with Gasteiger partial charge in [-0.2, -0.15) is 0 Å². The molecule has 0 N–H and O–H groups in total. The molecule has 0 aliphatic carbocycles. The molecule has 0 saturated carbocycles. The summed E-state index contributed by atoms with van der Waals surface area (Å²) >= 11 is 0. The largest absolute Gasteiger partial charge is 0.462 e. The highest BCUT2D eigenvalue weighted by Crippen LogP contribution is 2.11. The van der Waals surface area contributed by atoms with Gasteiger partial charge in [-0.15, -0.1) is 0 Å². The predicted octanol–water partition coefficient (Wildman–Crippen LogP) is 15.5. The van der Waals surface area contributed by atoms with Gasteiger partial charge >= 0.3 is 17.9 Å². The topological polar surface area (TPSA) is 78.9 Å². The molecule has 0 radical (unpaired) electrons. The third-order valence-corrected chi connectivity index (χ3v) is 9.16. The highest BCUT2D eigenvalue weighted by Gasteiger charge is 2.19. The van der Waals surface area contributed by atoms with Gasteiger partial charge in [-0.3, -0.25) is 14.4 Å². The number of carbonyl (C=O) groups excluding carboxylic acids is 3. The molecule has 0 saturated heterocycles. The van der Waals surface area contributed by atoms with E-state index >= 15 is 0 Å². The van der Waals surface area contributed by atoms with Gasteiger partial charge in [-0.05, 0) is 109 Å². The van der Waals surface area contributed by atoms with E-state index in [1.54, 1.807) is 6.08 Å². The van der Waals surface area contributed by atoms with Crippen LogP contribution in [0.15, 0.2) is 134 Å². The lowest BCUT2D eigenvalue weighted by Gasteiger charge is -2.18. The fourth-order valence-electron chi connectivity index (χ4n) is 5.72. The SMILES string of the molecule is CC/C=C\C/C=C\C/C=C\C/C=C\C/C=C\CC(=O)OCC(COC(=O)CCCCC/C=C\C/C=C\C/C=C\CC)OC(=O)CCCCCCC/C=C\C/C=C\C/C=C\CC. The molecule has 0 fully saturated rings. The van der Waals surface area contributed by atoms with Crippen LogP contribution in [0.3, 0.4) is 0 Å². The average molecular weight is 841 g/mol. The minimum Gasteiger partial charge on any atom is -0.462 e. The zero-order chi connectivity index (χ0) is 44.4. The smallest absolute Gasteiger partial charge is 0.309 e. The summed E-state index contributed by atoms with van der Waals surface area (Å²) in [5.41, 5.74) is 0. The van der Waals surface area contributed by atoms with Crippen molar-refractivity contribution in [2.24, 2.45) is 0 Å². The minimum absolute atomic E-state index is 0.111. The van der Waals surface area contributed by atoms with Crippen LogP contribution in [0.2, 0.25) is 0 Å². The van der Waals surface area contributed by atoms with Crippen molar-refractivity contribution in [2.45, 2.75) is 181 Å². The molecule has 6 nitrogen and oxygen atoms in total. The zero-order valence-corrected chi connectivity index (χ0v) is 38.6. The molecule has 0 bridgehead atoms. The Balaban J connectivity index is 4.62. The maximum atomic E-state index is 12.8. The van der Waals surface area contributed by atoms with Crippen LogP contribution in [0.25, 0.3) is 0 Å². The number of unbranched alkanes of at least 4 members (excludes halogenated alkanes) is 8. The predicted molar refractivity (Wildman–Crippen MR) is 260 cm³/mol. The van der Waals surface area contributed by atoms with E-state index in [1.165, 1.54) is 0 Å². The van der Waals surface area contributed by atoms with Crippen LogP contribution in [0.4, 0.5) is 0 Å². The standard InChI is InChI=1S/C55H84O6/c1-4-7-10-13-16-19-22-25-27-30-33-36-39-42-45-48-54(57)60-51-52(50-59-53(56)47-44-41-38-35-32-29-24-21-18-15-12-9-6-3)61-55(58)49-46-43-40-37-34-31-28-26-23-20-17-14-11-8-5-2/h7-12,16-21,25-29,32-33,36,42,45,52H,4-6,13-15,22-24,30-31,34-35,37-41,43-44,46-51H2,1-3H3/b10-7-,11-8-,12-9-,19-16-,20-17-,21-18-,27-25-,28-26-,32-29-,36-33-,45-42-. The van der Waals surface area contributed by atoms with Gasteiger partial charge in [0.2, 0.25) is 0 Å². The van der Waals surface area contributed by atoms with Crippen molar-refractivity contribution in [3.05, 3.63) is 134 Å². The van der Waals surface area contributed by atoms with Gasteiger partial charge in [0, 0.05) is 12.8 Å². The summed E-state index contributed by atoms with van der Waals surface area (Å²) in [4.78, 5) is 37.8. The third-order valence-electron chi connectivity index (χ3n) is 9.16. The highest BCUT2D eigenvalue weighted by atomic mass is 16.6. The first-order valence-electron chi connectivity index (χ1n) is 23.7. The van der Waals surface area contributed by atoms with Gasteiger partial charge < -0.3 is 14.2 Å². The second-order valence-corrected chi connectivity index (χ2v) is 14.9. The van der Waals surface area contributed by atoms with E-state index in [1.807, 2.05) is 6.08 Å². The fourth-order valence-corrected chi connectivity index (χ4v) is 5.72. The number of hydrogen-bond acceptors (Lipinski definition) is 6. The number of rotatable bonds is 40. The Morgan fingerprint density at radius 3 is 1.08 bits per heavy atom. The maximum absolute atomic E-state index is 12.8. The molecule has 340 valence electrons. The lowest BCUT2D eigenvalue weighted by molar-refractivity contribution is -0.166. The molecule has 1 atom stereocenters. The summed E-state index contributed by atoms with van der Waals surface area (Å²) < 4.78 is 16.6. The molecule has 0 spiro atoms. The molecule has 0 heterocycles. The van der Waals surface area contributed by atoms with E-state index in [-0.39, 0.29) is 38.0 Å². The first kappa shape index (κ1) is 56.5. The molecule has 6 heteroatoms. The van der Waals surface area contributed by atoms with E-state index in [4.69, 9.17) is 14.2 Å². The number of carbonyl (C=O) groups is 3. The lowest BCUT2D eigenvalue weighted by Crippen LogP contribution is -2.30. The second kappa shape index (κ2) is 48.2. The van der Waals surface area contributed by atoms with Crippen LogP contribution in [-0.2, 0) is 28.6 Å². The first-order chi connectivity index (χ1) is 30.0. The Bertz CT molecular complexity index is 1380. The van der Waals surface area contributed by atoms with Crippen LogP contribution in [-0.4, -0.2) is 37.2 Å². The van der Waals surface area contributed by atoms with E-state index in [2.05, 4.69) is 142 Å². The molecule has 0 aromatic carbocycles. The third kappa shape index (κ3) is 46.5. The summed E-state index contributed by atoms with van der Waals surface area (Å²) in [7, 11) is 0. The van der Waals surface area contributed by atoms with Gasteiger partial charge in [0.15, 0.2) is 6.10 Å². The van der Waals surface area contributed by atoms with Crippen LogP contribution in [0.5, 0.6) is 0 Å². The summed E-state index contributed by atoms with van der Waals surface area (Å²) in [6, 6.07) is 0. The van der Waals surface area contributed by atoms with Gasteiger partial charge in [-0.1, -0.05) is 180 Å². The molecule has 0 amide bonds. The maximum Gasteiger partial charge on any atom is 0.309 e. The average Bonchev–Trinajstić information content (AvgIpc) is 3.26. The van der Waals surface area contributed by atoms with Gasteiger partial charge in [0.1, 0.15) is 13.2 Å². The Morgan fingerprint density at radius 1 is 0.344 bits per heavy atom. The number of esters is 3. The van der Waals surface area contributed by atoms with Crippen molar-refractivity contribution in [1.29, 1.82) is 0 Å². The minimum atomic E-state index is -0.843. The lowest BCUT2D eigenvalue weighted by atomic mass is 10.1. The van der Waals surface area contributed by atoms with Crippen molar-refractivity contribution >= 4 is 17.9 Å². The Morgan fingerprint density at radius 2 is 0.656 bits per heavy atom. The molecule has 0 aromatic rings. The molecule has 0 aromatic heterocycles. The molecular formula is C55H84O6. The van der Waals surface area contributed by atoms with E-state index in [0.29, 0.717) is 6.42 Å². The van der Waals surface area contributed by atoms with Crippen molar-refractivity contribution < 1.29 is 28.6 Å². The van der Waals surface area contributed by atoms with Crippen molar-refractivity contribution in [1.82, 2.24) is 0 Å². The molecule has 61 heavy (non-hydrogen) atoms. The quantitative estimate of drug-likeness (QED) is 0.0265. The number of hydrogen-bond donors (Lipinski definition) is 0. The monoisotopic (exact) mass is 841 g/mol. The van der Waals surface area contributed by atoms with Crippen LogP contribution >= 0.6 is 0 Å². The van der Waals surface area contributed by atoms with E-state index < -0.39 is 12.1 Å². The van der Waals surface area contributed by atoms with E-state index in [0.717, 1.165) is 135 Å². The highest BCUT2D eigenvalue weighted by molar-refractivity contribution is 5.72. The molecule has 0 rings (SSSR count). The van der Waals surface area contributed by atoms with Crippen molar-refractivity contribution in [2.75, 3.05) is 13.2 Å². The summed E-state index contributed by atoms with van der Waals surface area (Å²) in [5.74, 6) is -1.13. The normalized spacial score (nSPS) is 13.3. The van der Waals surface area contributed by atoms with Gasteiger partial charge in [0.05, 0.1) is 6.42 Å². The van der Waals surface area contributed by atoms with Crippen molar-refractivity contribution in [3.63, 3.8) is 0 Å². The summed E-state index contributed by atoms with van der Waals surface area (Å²) in [6.07, 6.45) is 67.4. The Kier molecular flexibility index (Phi) is 44.7. The Hall–Kier alpha value is -4.45. The second-order valence-electron chi connectivity index (χ2n) is 14.9. The zero-order valence-electron chi connectivity index (χ0n) is 38.6. The molecule has 0 aliphatic heterocycles. The first-order valence-corrected chi connectivity index (χ1v) is 23.7. The van der Waals surface area contributed by atoms with Crippen LogP contribution in [0.1, 0.15) is 175 Å². The van der Waals surface area contributed by atoms with E-state index in [9.17, 15) is 14.4 Å². The van der Waals surface area contributed by atoms with Gasteiger partial charge in [-0.25, -0.2) is 0 Å². The van der Waals surface area contributed by atoms with Crippen molar-refractivity contribution in [3.8, 4) is 0 Å². The molecule has 0 aliphatic rings. The number of allylic oxidation sites excluding steroid dienone is 21. The number of ether oxygens (including phenoxy) is 3. The van der Waals surface area contributed by atoms with Crippen LogP contribution < -0.4 is 0 Å². The fraction of sp³-hybridized carbons (Fsp3) is 0.545. The molecule has 1 unspecified atom stereocenters. The summed E-state index contributed by atoms with van der Waals surface area (Å²) in [6.45, 7) is 6.13.